The van der Waals surface area contributed by atoms with Gasteiger partial charge >= 0.3 is 0 Å². The van der Waals surface area contributed by atoms with Crippen LogP contribution in [0.4, 0.5) is 0 Å². The zero-order valence-corrected chi connectivity index (χ0v) is 32.6. The summed E-state index contributed by atoms with van der Waals surface area (Å²) in [6.07, 6.45) is 19.4. The van der Waals surface area contributed by atoms with Gasteiger partial charge in [0.15, 0.2) is 0 Å². The Morgan fingerprint density at radius 3 is 0.980 bits per heavy atom. The van der Waals surface area contributed by atoms with Crippen LogP contribution in [0.1, 0.15) is 83.5 Å². The highest BCUT2D eigenvalue weighted by atomic mass is 32.2. The van der Waals surface area contributed by atoms with Gasteiger partial charge in [-0.05, 0) is 128 Å². The summed E-state index contributed by atoms with van der Waals surface area (Å²) in [5, 5.41) is 16.0. The lowest BCUT2D eigenvalue weighted by molar-refractivity contribution is 0.0367. The minimum atomic E-state index is 0.412. The Hall–Kier alpha value is -0.610. The predicted molar refractivity (Wildman–Crippen MR) is 213 cm³/mol. The summed E-state index contributed by atoms with van der Waals surface area (Å²) in [4.78, 5) is 8.07. The van der Waals surface area contributed by atoms with Crippen LogP contribution in [0.5, 0.6) is 0 Å². The lowest BCUT2D eigenvalue weighted by Crippen LogP contribution is -2.30. The first-order valence-electron chi connectivity index (χ1n) is 19.5. The van der Waals surface area contributed by atoms with Gasteiger partial charge in [0, 0.05) is 64.1 Å². The number of rotatable bonds is 0. The van der Waals surface area contributed by atoms with E-state index in [0.717, 1.165) is 52.7 Å². The second kappa shape index (κ2) is 41.8. The molecule has 0 spiro atoms. The van der Waals surface area contributed by atoms with E-state index in [0.29, 0.717) is 5.88 Å². The highest BCUT2D eigenvalue weighted by Crippen LogP contribution is 2.15. The van der Waals surface area contributed by atoms with Gasteiger partial charge in [-0.3, -0.25) is 0 Å². The molecular weight excluding hydrogens is 659 g/mol. The van der Waals surface area contributed by atoms with E-state index in [4.69, 9.17) is 14.2 Å². The van der Waals surface area contributed by atoms with Crippen molar-refractivity contribution in [3.05, 3.63) is 12.5 Å². The molecule has 0 aromatic rings. The topological polar surface area (TPSA) is 121 Å². The molecule has 0 aliphatic carbocycles. The van der Waals surface area contributed by atoms with E-state index < -0.39 is 0 Å². The van der Waals surface area contributed by atoms with E-state index in [-0.39, 0.29) is 0 Å². The molecule has 0 unspecified atom stereocenters. The van der Waals surface area contributed by atoms with Gasteiger partial charge in [0.2, 0.25) is 5.88 Å². The fourth-order valence-electron chi connectivity index (χ4n) is 4.37. The number of piperidine rings is 1. The summed E-state index contributed by atoms with van der Waals surface area (Å²) in [6.45, 7) is 21.1. The zero-order valence-electron chi connectivity index (χ0n) is 31.0. The van der Waals surface area contributed by atoms with Crippen molar-refractivity contribution in [2.45, 2.75) is 83.5 Å². The van der Waals surface area contributed by atoms with Crippen LogP contribution in [0, 0.1) is 0 Å². The zero-order chi connectivity index (χ0) is 34.8. The Morgan fingerprint density at radius 1 is 0.429 bits per heavy atom. The first kappa shape index (κ1) is 46.4. The second-order valence-electron chi connectivity index (χ2n) is 12.3. The van der Waals surface area contributed by atoms with Crippen LogP contribution >= 0.6 is 23.5 Å². The standard InChI is InChI=1S/C5H11N.C5H10O.C5H10S.C4H9NO.C4H9NS.C4H9N.C3H4N2O.C3H7N.C3H6O/c3*1-2-4-6-5-3-1;2*1-3-6-4-2-5-1;1-2-4-5-3-1;1-3-4-2-5-6-3;2*1-2-4-3-1/h6H,1-5H2;2*1-5H2;2*5H,1-4H2;5H,1-4H2;2H,1H2,(H,4,5);4H,1-3H2;1-3H2. The fourth-order valence-corrected chi connectivity index (χ4v) is 6.17. The molecule has 8 saturated heterocycles. The molecule has 0 bridgehead atoms. The van der Waals surface area contributed by atoms with Gasteiger partial charge in [-0.1, -0.05) is 12.8 Å². The molecule has 0 atom stereocenters. The molecular formula is C36H75N7O4S2. The third-order valence-electron chi connectivity index (χ3n) is 7.73. The minimum absolute atomic E-state index is 0.412. The minimum Gasteiger partial charge on any atom is -0.381 e. The van der Waals surface area contributed by atoms with Crippen LogP contribution in [0.15, 0.2) is 17.5 Å². The van der Waals surface area contributed by atoms with Gasteiger partial charge in [0.1, 0.15) is 6.34 Å². The number of aliphatic imine (C=N–C) groups is 1. The summed E-state index contributed by atoms with van der Waals surface area (Å²) in [5.74, 6) is 5.86. The molecule has 0 saturated carbocycles. The number of hydroxylamine groups is 1. The Balaban J connectivity index is 0.000000277. The summed E-state index contributed by atoms with van der Waals surface area (Å²) in [6, 6.07) is 0. The number of thioether (sulfide) groups is 2. The SMILES string of the molecule is C1CCNC1.C1CCNCC1.C1CCOCC1.C1CCSCC1.C1CNC1.C1COC1.C1COCCN1.C1CSCCN1.C=C1N=CNO1. The van der Waals surface area contributed by atoms with Crippen molar-refractivity contribution in [2.24, 2.45) is 4.99 Å². The van der Waals surface area contributed by atoms with Crippen LogP contribution in [0.25, 0.3) is 0 Å². The largest absolute Gasteiger partial charge is 0.381 e. The highest BCUT2D eigenvalue weighted by molar-refractivity contribution is 7.99. The van der Waals surface area contributed by atoms with Crippen LogP contribution < -0.4 is 32.1 Å². The van der Waals surface area contributed by atoms with Crippen molar-refractivity contribution in [3.63, 3.8) is 0 Å². The van der Waals surface area contributed by atoms with E-state index in [1.807, 2.05) is 11.8 Å². The van der Waals surface area contributed by atoms with Gasteiger partial charge in [-0.15, -0.1) is 0 Å². The summed E-state index contributed by atoms with van der Waals surface area (Å²) >= 11 is 4.13. The molecule has 49 heavy (non-hydrogen) atoms. The smallest absolute Gasteiger partial charge is 0.240 e. The molecule has 9 rings (SSSR count). The maximum atomic E-state index is 5.07. The molecule has 6 N–H and O–H groups in total. The lowest BCUT2D eigenvalue weighted by Gasteiger charge is -2.10. The average molecular weight is 734 g/mol. The Morgan fingerprint density at radius 2 is 0.837 bits per heavy atom. The fraction of sp³-hybridized carbons (Fsp3) is 0.917. The highest BCUT2D eigenvalue weighted by Gasteiger charge is 1.98. The first-order valence-corrected chi connectivity index (χ1v) is 21.8. The monoisotopic (exact) mass is 734 g/mol. The van der Waals surface area contributed by atoms with E-state index in [9.17, 15) is 0 Å². The number of nitrogens with one attached hydrogen (secondary N) is 6. The molecule has 9 aliphatic heterocycles. The molecule has 0 aromatic carbocycles. The van der Waals surface area contributed by atoms with Crippen molar-refractivity contribution in [1.82, 2.24) is 32.1 Å². The lowest BCUT2D eigenvalue weighted by atomic mass is 10.2. The van der Waals surface area contributed by atoms with Crippen molar-refractivity contribution in [3.8, 4) is 0 Å². The number of nitrogens with zero attached hydrogens (tertiary/aromatic N) is 1. The molecule has 11 nitrogen and oxygen atoms in total. The van der Waals surface area contributed by atoms with Gasteiger partial charge in [0.25, 0.3) is 0 Å². The van der Waals surface area contributed by atoms with Gasteiger partial charge in [0.05, 0.1) is 13.2 Å². The molecule has 9 heterocycles. The average Bonchev–Trinajstić information content (AvgIpc) is 3.90. The molecule has 0 amide bonds. The number of hydrogen-bond donors (Lipinski definition) is 6. The maximum absolute atomic E-state index is 5.07. The van der Waals surface area contributed by atoms with Crippen LogP contribution in [-0.2, 0) is 19.0 Å². The van der Waals surface area contributed by atoms with Crippen molar-refractivity contribution < 1.29 is 19.0 Å². The number of ether oxygens (including phenoxy) is 3. The van der Waals surface area contributed by atoms with E-state index in [1.54, 1.807) is 0 Å². The molecule has 0 radical (unpaired) electrons. The van der Waals surface area contributed by atoms with E-state index in [1.165, 1.54) is 165 Å². The van der Waals surface area contributed by atoms with Crippen molar-refractivity contribution in [2.75, 3.05) is 128 Å². The Bertz CT molecular complexity index is 519. The number of hydrogen-bond acceptors (Lipinski definition) is 13. The van der Waals surface area contributed by atoms with E-state index >= 15 is 0 Å². The van der Waals surface area contributed by atoms with Crippen LogP contribution in [-0.4, -0.2) is 134 Å². The Labute approximate surface area is 309 Å². The number of morpholine rings is 1. The molecule has 0 aromatic heterocycles. The van der Waals surface area contributed by atoms with E-state index in [2.05, 4.69) is 60.2 Å². The first-order chi connectivity index (χ1) is 24.4. The van der Waals surface area contributed by atoms with Gasteiger partial charge < -0.3 is 45.6 Å². The third kappa shape index (κ3) is 40.0. The van der Waals surface area contributed by atoms with Crippen molar-refractivity contribution in [1.29, 1.82) is 0 Å². The summed E-state index contributed by atoms with van der Waals surface area (Å²) < 4.78 is 14.8. The molecule has 13 heteroatoms. The third-order valence-corrected chi connectivity index (χ3v) is 9.87. The van der Waals surface area contributed by atoms with Crippen molar-refractivity contribution >= 4 is 29.9 Å². The quantitative estimate of drug-likeness (QED) is 0.210. The summed E-state index contributed by atoms with van der Waals surface area (Å²) in [5.41, 5.74) is 2.38. The van der Waals surface area contributed by atoms with Gasteiger partial charge in [-0.25, -0.2) is 5.48 Å². The van der Waals surface area contributed by atoms with Crippen LogP contribution in [0.3, 0.4) is 0 Å². The normalized spacial score (nSPS) is 23.1. The molecule has 8 fully saturated rings. The second-order valence-corrected chi connectivity index (χ2v) is 14.7. The Kier molecular flexibility index (Phi) is 39.6. The maximum Gasteiger partial charge on any atom is 0.240 e. The van der Waals surface area contributed by atoms with Gasteiger partial charge in [-0.2, -0.15) is 28.5 Å². The summed E-state index contributed by atoms with van der Waals surface area (Å²) in [7, 11) is 0. The predicted octanol–water partition coefficient (Wildman–Crippen LogP) is 4.56. The van der Waals surface area contributed by atoms with Crippen LogP contribution in [0.2, 0.25) is 0 Å². The molecule has 290 valence electrons. The molecule has 9 aliphatic rings.